The number of aromatic nitrogens is 1. The molecular weight excluding hydrogens is 323 g/mol. The first kappa shape index (κ1) is 16.9. The Labute approximate surface area is 135 Å². The van der Waals surface area contributed by atoms with E-state index in [1.54, 1.807) is 26.8 Å². The number of nitrogens with zero attached hydrogens (tertiary/aromatic N) is 1. The smallest absolute Gasteiger partial charge is 0.412 e. The van der Waals surface area contributed by atoms with Crippen molar-refractivity contribution < 1.29 is 23.8 Å². The number of amides is 1. The number of aromatic carboxylic acids is 1. The van der Waals surface area contributed by atoms with Crippen LogP contribution < -0.4 is 5.32 Å². The van der Waals surface area contributed by atoms with Crippen molar-refractivity contribution in [3.63, 3.8) is 0 Å². The molecule has 0 bridgehead atoms. The zero-order valence-corrected chi connectivity index (χ0v) is 13.5. The number of hydrogen-bond acceptors (Lipinski definition) is 5. The summed E-state index contributed by atoms with van der Waals surface area (Å²) < 4.78 is 19.1. The van der Waals surface area contributed by atoms with Crippen molar-refractivity contribution in [2.75, 3.05) is 5.32 Å². The fourth-order valence-electron chi connectivity index (χ4n) is 1.67. The second-order valence-electron chi connectivity index (χ2n) is 5.66. The van der Waals surface area contributed by atoms with Gasteiger partial charge in [0.25, 0.3) is 0 Å². The lowest BCUT2D eigenvalue weighted by molar-refractivity contribution is 0.0633. The number of thiazole rings is 1. The molecule has 1 amide bonds. The SMILES string of the molecule is CC(C)(C)OC(=O)Nc1ccc(-c2nc(C(=O)O)cs2)cc1F. The maximum Gasteiger partial charge on any atom is 0.412 e. The summed E-state index contributed by atoms with van der Waals surface area (Å²) in [5.74, 6) is -1.81. The number of carboxylic acids is 1. The van der Waals surface area contributed by atoms with Gasteiger partial charge in [-0.05, 0) is 39.0 Å². The van der Waals surface area contributed by atoms with E-state index in [-0.39, 0.29) is 11.4 Å². The zero-order valence-electron chi connectivity index (χ0n) is 12.7. The van der Waals surface area contributed by atoms with Crippen LogP contribution in [0.1, 0.15) is 31.3 Å². The molecule has 6 nitrogen and oxygen atoms in total. The van der Waals surface area contributed by atoms with Crippen LogP contribution in [0.25, 0.3) is 10.6 Å². The highest BCUT2D eigenvalue weighted by Crippen LogP contribution is 2.27. The van der Waals surface area contributed by atoms with E-state index in [9.17, 15) is 14.0 Å². The normalized spacial score (nSPS) is 11.1. The van der Waals surface area contributed by atoms with Gasteiger partial charge in [0.15, 0.2) is 5.69 Å². The topological polar surface area (TPSA) is 88.5 Å². The third-order valence-corrected chi connectivity index (χ3v) is 3.47. The second-order valence-corrected chi connectivity index (χ2v) is 6.52. The van der Waals surface area contributed by atoms with Crippen molar-refractivity contribution >= 4 is 29.1 Å². The van der Waals surface area contributed by atoms with Crippen molar-refractivity contribution in [3.05, 3.63) is 35.1 Å². The van der Waals surface area contributed by atoms with Gasteiger partial charge in [-0.1, -0.05) is 0 Å². The average molecular weight is 338 g/mol. The van der Waals surface area contributed by atoms with E-state index in [0.717, 1.165) is 11.3 Å². The molecule has 23 heavy (non-hydrogen) atoms. The number of carbonyl (C=O) groups excluding carboxylic acids is 1. The molecular formula is C15H15FN2O4S. The van der Waals surface area contributed by atoms with E-state index >= 15 is 0 Å². The van der Waals surface area contributed by atoms with Crippen molar-refractivity contribution in [1.82, 2.24) is 4.98 Å². The lowest BCUT2D eigenvalue weighted by atomic mass is 10.2. The fraction of sp³-hybridized carbons (Fsp3) is 0.267. The number of nitrogens with one attached hydrogen (secondary N) is 1. The van der Waals surface area contributed by atoms with Crippen LogP contribution in [-0.2, 0) is 4.74 Å². The summed E-state index contributed by atoms with van der Waals surface area (Å²) in [6, 6.07) is 4.09. The number of halogens is 1. The van der Waals surface area contributed by atoms with Crippen LogP contribution in [0, 0.1) is 5.82 Å². The summed E-state index contributed by atoms with van der Waals surface area (Å²) in [7, 11) is 0. The van der Waals surface area contributed by atoms with Crippen LogP contribution >= 0.6 is 11.3 Å². The molecule has 1 aromatic heterocycles. The Bertz CT molecular complexity index is 752. The van der Waals surface area contributed by atoms with Crippen LogP contribution in [0.3, 0.4) is 0 Å². The Morgan fingerprint density at radius 2 is 2.04 bits per heavy atom. The Balaban J connectivity index is 2.17. The molecule has 1 aromatic carbocycles. The number of hydrogen-bond donors (Lipinski definition) is 2. The molecule has 0 unspecified atom stereocenters. The first-order chi connectivity index (χ1) is 10.7. The molecule has 0 saturated heterocycles. The highest BCUT2D eigenvalue weighted by molar-refractivity contribution is 7.13. The highest BCUT2D eigenvalue weighted by atomic mass is 32.1. The van der Waals surface area contributed by atoms with E-state index < -0.39 is 23.5 Å². The summed E-state index contributed by atoms with van der Waals surface area (Å²) in [4.78, 5) is 26.3. The molecule has 0 radical (unpaired) electrons. The van der Waals surface area contributed by atoms with Crippen LogP contribution in [0.4, 0.5) is 14.9 Å². The van der Waals surface area contributed by atoms with Gasteiger partial charge in [-0.2, -0.15) is 0 Å². The van der Waals surface area contributed by atoms with Gasteiger partial charge in [-0.15, -0.1) is 11.3 Å². The van der Waals surface area contributed by atoms with E-state index in [0.29, 0.717) is 10.6 Å². The average Bonchev–Trinajstić information content (AvgIpc) is 2.88. The first-order valence-corrected chi connectivity index (χ1v) is 7.52. The van der Waals surface area contributed by atoms with Gasteiger partial charge in [0, 0.05) is 10.9 Å². The van der Waals surface area contributed by atoms with Crippen molar-refractivity contribution in [3.8, 4) is 10.6 Å². The molecule has 0 atom stereocenters. The zero-order chi connectivity index (χ0) is 17.2. The largest absolute Gasteiger partial charge is 0.476 e. The second kappa shape index (κ2) is 6.33. The maximum absolute atomic E-state index is 14.1. The number of carboxylic acid groups (broad SMARTS) is 1. The molecule has 2 N–H and O–H groups in total. The van der Waals surface area contributed by atoms with Gasteiger partial charge in [-0.3, -0.25) is 5.32 Å². The van der Waals surface area contributed by atoms with Crippen molar-refractivity contribution in [1.29, 1.82) is 0 Å². The van der Waals surface area contributed by atoms with Crippen molar-refractivity contribution in [2.24, 2.45) is 0 Å². The quantitative estimate of drug-likeness (QED) is 0.883. The molecule has 1 heterocycles. The van der Waals surface area contributed by atoms with Crippen LogP contribution in [0.2, 0.25) is 0 Å². The van der Waals surface area contributed by atoms with Crippen molar-refractivity contribution in [2.45, 2.75) is 26.4 Å². The van der Waals surface area contributed by atoms with E-state index in [1.165, 1.54) is 17.5 Å². The van der Waals surface area contributed by atoms with Crippen LogP contribution in [0.5, 0.6) is 0 Å². The highest BCUT2D eigenvalue weighted by Gasteiger charge is 2.18. The summed E-state index contributed by atoms with van der Waals surface area (Å²) in [5, 5.41) is 12.9. The molecule has 0 fully saturated rings. The van der Waals surface area contributed by atoms with Crippen LogP contribution in [0.15, 0.2) is 23.6 Å². The molecule has 0 aliphatic carbocycles. The predicted molar refractivity (Wildman–Crippen MR) is 84.3 cm³/mol. The maximum atomic E-state index is 14.1. The number of ether oxygens (including phenoxy) is 1. The van der Waals surface area contributed by atoms with Crippen LogP contribution in [-0.4, -0.2) is 27.8 Å². The minimum atomic E-state index is -1.14. The number of anilines is 1. The lowest BCUT2D eigenvalue weighted by Crippen LogP contribution is -2.27. The minimum Gasteiger partial charge on any atom is -0.476 e. The monoisotopic (exact) mass is 338 g/mol. The van der Waals surface area contributed by atoms with Gasteiger partial charge in [0.2, 0.25) is 0 Å². The molecule has 0 saturated carbocycles. The predicted octanol–water partition coefficient (Wildman–Crippen LogP) is 3.99. The Hall–Kier alpha value is -2.48. The number of carbonyl (C=O) groups is 2. The summed E-state index contributed by atoms with van der Waals surface area (Å²) in [5.41, 5.74) is -0.386. The summed E-state index contributed by atoms with van der Waals surface area (Å²) in [6.45, 7) is 5.11. The molecule has 8 heteroatoms. The van der Waals surface area contributed by atoms with Gasteiger partial charge < -0.3 is 9.84 Å². The number of benzene rings is 1. The molecule has 0 aliphatic rings. The molecule has 2 aromatic rings. The molecule has 2 rings (SSSR count). The van der Waals surface area contributed by atoms with Gasteiger partial charge in [0.1, 0.15) is 16.4 Å². The summed E-state index contributed by atoms with van der Waals surface area (Å²) in [6.07, 6.45) is -0.758. The summed E-state index contributed by atoms with van der Waals surface area (Å²) >= 11 is 1.10. The Morgan fingerprint density at radius 1 is 1.35 bits per heavy atom. The van der Waals surface area contributed by atoms with Gasteiger partial charge >= 0.3 is 12.1 Å². The van der Waals surface area contributed by atoms with Gasteiger partial charge in [0.05, 0.1) is 5.69 Å². The molecule has 122 valence electrons. The Kier molecular flexibility index (Phi) is 4.65. The number of rotatable bonds is 3. The third kappa shape index (κ3) is 4.49. The third-order valence-electron chi connectivity index (χ3n) is 2.57. The van der Waals surface area contributed by atoms with E-state index in [4.69, 9.17) is 9.84 Å². The fourth-order valence-corrected chi connectivity index (χ4v) is 2.46. The Morgan fingerprint density at radius 3 is 2.57 bits per heavy atom. The molecule has 0 spiro atoms. The lowest BCUT2D eigenvalue weighted by Gasteiger charge is -2.19. The standard InChI is InChI=1S/C15H15FN2O4S/c1-15(2,3)22-14(21)18-10-5-4-8(6-9(10)16)12-17-11(7-23-12)13(19)20/h4-7H,1-3H3,(H,18,21)(H,19,20). The van der Waals surface area contributed by atoms with Gasteiger partial charge in [-0.25, -0.2) is 19.0 Å². The van der Waals surface area contributed by atoms with E-state index in [2.05, 4.69) is 10.3 Å². The minimum absolute atomic E-state index is 0.0296. The van der Waals surface area contributed by atoms with E-state index in [1.807, 2.05) is 0 Å². The molecule has 0 aliphatic heterocycles. The first-order valence-electron chi connectivity index (χ1n) is 6.64.